The number of aromatic amines is 1. The van der Waals surface area contributed by atoms with Crippen molar-refractivity contribution < 1.29 is 4.42 Å². The number of hydrogen-bond donors (Lipinski definition) is 2. The lowest BCUT2D eigenvalue weighted by Crippen LogP contribution is -2.30. The van der Waals surface area contributed by atoms with Crippen LogP contribution in [0, 0.1) is 0 Å². The SMILES string of the molecule is c1coc(Cc2ccc(CNC3CCCCC3)[nH]2)c1. The van der Waals surface area contributed by atoms with Crippen molar-refractivity contribution in [3.8, 4) is 0 Å². The molecule has 2 heterocycles. The number of H-pyrrole nitrogens is 1. The molecular formula is C16H22N2O. The Kier molecular flexibility index (Phi) is 4.04. The van der Waals surface area contributed by atoms with Gasteiger partial charge in [0.1, 0.15) is 5.76 Å². The van der Waals surface area contributed by atoms with Gasteiger partial charge in [-0.3, -0.25) is 0 Å². The fourth-order valence-electron chi connectivity index (χ4n) is 2.86. The van der Waals surface area contributed by atoms with E-state index in [1.807, 2.05) is 12.1 Å². The second kappa shape index (κ2) is 6.11. The molecule has 2 aromatic heterocycles. The Hall–Kier alpha value is -1.48. The van der Waals surface area contributed by atoms with Crippen LogP contribution in [0.3, 0.4) is 0 Å². The van der Waals surface area contributed by atoms with E-state index in [1.165, 1.54) is 43.5 Å². The van der Waals surface area contributed by atoms with Crippen LogP contribution in [0.5, 0.6) is 0 Å². The van der Waals surface area contributed by atoms with Gasteiger partial charge in [0.25, 0.3) is 0 Å². The molecule has 0 atom stereocenters. The summed E-state index contributed by atoms with van der Waals surface area (Å²) < 4.78 is 5.37. The van der Waals surface area contributed by atoms with E-state index in [1.54, 1.807) is 6.26 Å². The molecule has 0 radical (unpaired) electrons. The fourth-order valence-corrected chi connectivity index (χ4v) is 2.86. The highest BCUT2D eigenvalue weighted by Gasteiger charge is 2.12. The normalized spacial score (nSPS) is 16.8. The minimum absolute atomic E-state index is 0.713. The summed E-state index contributed by atoms with van der Waals surface area (Å²) in [6.07, 6.45) is 9.41. The first kappa shape index (κ1) is 12.5. The molecule has 0 unspecified atom stereocenters. The van der Waals surface area contributed by atoms with Crippen molar-refractivity contribution in [3.63, 3.8) is 0 Å². The van der Waals surface area contributed by atoms with E-state index in [2.05, 4.69) is 22.4 Å². The van der Waals surface area contributed by atoms with Crippen LogP contribution in [0.1, 0.15) is 49.3 Å². The maximum Gasteiger partial charge on any atom is 0.109 e. The molecule has 2 N–H and O–H groups in total. The van der Waals surface area contributed by atoms with Crippen LogP contribution in [0.4, 0.5) is 0 Å². The van der Waals surface area contributed by atoms with Gasteiger partial charge in [0, 0.05) is 30.4 Å². The summed E-state index contributed by atoms with van der Waals surface area (Å²) in [5.41, 5.74) is 2.49. The monoisotopic (exact) mass is 258 g/mol. The third-order valence-electron chi connectivity index (χ3n) is 3.94. The number of nitrogens with one attached hydrogen (secondary N) is 2. The Morgan fingerprint density at radius 1 is 1.11 bits per heavy atom. The molecule has 1 fully saturated rings. The van der Waals surface area contributed by atoms with Gasteiger partial charge in [0.2, 0.25) is 0 Å². The lowest BCUT2D eigenvalue weighted by Gasteiger charge is -2.22. The predicted molar refractivity (Wildman–Crippen MR) is 76.0 cm³/mol. The highest BCUT2D eigenvalue weighted by Crippen LogP contribution is 2.18. The largest absolute Gasteiger partial charge is 0.469 e. The highest BCUT2D eigenvalue weighted by atomic mass is 16.3. The van der Waals surface area contributed by atoms with Crippen LogP contribution >= 0.6 is 0 Å². The smallest absolute Gasteiger partial charge is 0.109 e. The van der Waals surface area contributed by atoms with Gasteiger partial charge in [-0.25, -0.2) is 0 Å². The standard InChI is InChI=1S/C16H22N2O/c1-2-5-13(6-3-1)17-12-15-9-8-14(18-15)11-16-7-4-10-19-16/h4,7-10,13,17-18H,1-3,5-6,11-12H2. The number of furan rings is 1. The van der Waals surface area contributed by atoms with Crippen molar-refractivity contribution >= 4 is 0 Å². The summed E-state index contributed by atoms with van der Waals surface area (Å²) in [6.45, 7) is 0.947. The molecule has 1 saturated carbocycles. The van der Waals surface area contributed by atoms with Crippen LogP contribution < -0.4 is 5.32 Å². The van der Waals surface area contributed by atoms with E-state index in [-0.39, 0.29) is 0 Å². The molecule has 102 valence electrons. The number of aromatic nitrogens is 1. The third kappa shape index (κ3) is 3.51. The second-order valence-electron chi connectivity index (χ2n) is 5.48. The average molecular weight is 258 g/mol. The Balaban J connectivity index is 1.50. The van der Waals surface area contributed by atoms with Gasteiger partial charge in [-0.15, -0.1) is 0 Å². The van der Waals surface area contributed by atoms with Crippen LogP contribution in [0.15, 0.2) is 34.9 Å². The highest BCUT2D eigenvalue weighted by molar-refractivity contribution is 5.18. The van der Waals surface area contributed by atoms with E-state index < -0.39 is 0 Å². The van der Waals surface area contributed by atoms with Gasteiger partial charge >= 0.3 is 0 Å². The van der Waals surface area contributed by atoms with Gasteiger partial charge in [0.15, 0.2) is 0 Å². The molecule has 1 aliphatic carbocycles. The maximum atomic E-state index is 5.37. The third-order valence-corrected chi connectivity index (χ3v) is 3.94. The molecule has 0 bridgehead atoms. The molecule has 0 saturated heterocycles. The Morgan fingerprint density at radius 2 is 1.95 bits per heavy atom. The van der Waals surface area contributed by atoms with E-state index in [4.69, 9.17) is 4.42 Å². The average Bonchev–Trinajstić information content (AvgIpc) is 3.10. The number of rotatable bonds is 5. The first-order valence-electron chi connectivity index (χ1n) is 7.33. The van der Waals surface area contributed by atoms with E-state index in [0.29, 0.717) is 6.04 Å². The minimum atomic E-state index is 0.713. The van der Waals surface area contributed by atoms with Crippen LogP contribution in [-0.2, 0) is 13.0 Å². The fraction of sp³-hybridized carbons (Fsp3) is 0.500. The Labute approximate surface area is 114 Å². The van der Waals surface area contributed by atoms with Crippen molar-refractivity contribution in [3.05, 3.63) is 47.7 Å². The molecule has 3 rings (SSSR count). The van der Waals surface area contributed by atoms with E-state index >= 15 is 0 Å². The molecule has 0 aromatic carbocycles. The van der Waals surface area contributed by atoms with Gasteiger partial charge < -0.3 is 14.7 Å². The van der Waals surface area contributed by atoms with Crippen LogP contribution in [0.25, 0.3) is 0 Å². The zero-order chi connectivity index (χ0) is 12.9. The summed E-state index contributed by atoms with van der Waals surface area (Å²) in [7, 11) is 0. The van der Waals surface area contributed by atoms with Gasteiger partial charge in [0.05, 0.1) is 6.26 Å². The van der Waals surface area contributed by atoms with Crippen LogP contribution in [0.2, 0.25) is 0 Å². The first-order valence-corrected chi connectivity index (χ1v) is 7.33. The lowest BCUT2D eigenvalue weighted by molar-refractivity contribution is 0.371. The lowest BCUT2D eigenvalue weighted by atomic mass is 9.95. The van der Waals surface area contributed by atoms with Crippen molar-refractivity contribution in [2.45, 2.75) is 51.1 Å². The molecule has 0 spiro atoms. The van der Waals surface area contributed by atoms with Gasteiger partial charge in [-0.05, 0) is 37.1 Å². The molecule has 0 aliphatic heterocycles. The summed E-state index contributed by atoms with van der Waals surface area (Å²) in [5, 5.41) is 3.66. The molecule has 19 heavy (non-hydrogen) atoms. The molecule has 3 nitrogen and oxygen atoms in total. The maximum absolute atomic E-state index is 5.37. The van der Waals surface area contributed by atoms with Crippen molar-refractivity contribution in [1.82, 2.24) is 10.3 Å². The predicted octanol–water partition coefficient (Wildman–Crippen LogP) is 3.62. The molecular weight excluding hydrogens is 236 g/mol. The first-order chi connectivity index (χ1) is 9.40. The van der Waals surface area contributed by atoms with Crippen molar-refractivity contribution in [2.75, 3.05) is 0 Å². The zero-order valence-corrected chi connectivity index (χ0v) is 11.3. The van der Waals surface area contributed by atoms with Crippen molar-refractivity contribution in [1.29, 1.82) is 0 Å². The molecule has 2 aromatic rings. The van der Waals surface area contributed by atoms with E-state index in [9.17, 15) is 0 Å². The summed E-state index contributed by atoms with van der Waals surface area (Å²) in [5.74, 6) is 1.01. The topological polar surface area (TPSA) is 41.0 Å². The van der Waals surface area contributed by atoms with Gasteiger partial charge in [-0.1, -0.05) is 19.3 Å². The van der Waals surface area contributed by atoms with Gasteiger partial charge in [-0.2, -0.15) is 0 Å². The Morgan fingerprint density at radius 3 is 2.74 bits per heavy atom. The number of hydrogen-bond acceptors (Lipinski definition) is 2. The molecule has 3 heteroatoms. The van der Waals surface area contributed by atoms with Crippen molar-refractivity contribution in [2.24, 2.45) is 0 Å². The molecule has 1 aliphatic rings. The summed E-state index contributed by atoms with van der Waals surface area (Å²) >= 11 is 0. The Bertz CT molecular complexity index is 481. The zero-order valence-electron chi connectivity index (χ0n) is 11.3. The minimum Gasteiger partial charge on any atom is -0.469 e. The van der Waals surface area contributed by atoms with E-state index in [0.717, 1.165) is 18.7 Å². The summed E-state index contributed by atoms with van der Waals surface area (Å²) in [6, 6.07) is 8.99. The molecule has 0 amide bonds. The second-order valence-corrected chi connectivity index (χ2v) is 5.48. The van der Waals surface area contributed by atoms with Crippen LogP contribution in [-0.4, -0.2) is 11.0 Å². The summed E-state index contributed by atoms with van der Waals surface area (Å²) in [4.78, 5) is 3.47. The quantitative estimate of drug-likeness (QED) is 0.860.